The number of ketones is 1. The molecule has 1 N–H and O–H groups in total. The van der Waals surface area contributed by atoms with Gasteiger partial charge in [-0.25, -0.2) is 5.43 Å². The molecule has 3 rings (SSSR count). The molecule has 1 amide bonds. The van der Waals surface area contributed by atoms with Crippen LogP contribution in [0.1, 0.15) is 20.7 Å². The molecule has 0 aliphatic carbocycles. The minimum Gasteiger partial charge on any atom is -0.290 e. The van der Waals surface area contributed by atoms with E-state index in [9.17, 15) is 9.59 Å². The summed E-state index contributed by atoms with van der Waals surface area (Å²) in [7, 11) is 0. The number of benzene rings is 2. The van der Waals surface area contributed by atoms with Crippen LogP contribution < -0.4 is 10.1 Å². The summed E-state index contributed by atoms with van der Waals surface area (Å²) >= 11 is 3.33. The van der Waals surface area contributed by atoms with Crippen molar-refractivity contribution in [3.05, 3.63) is 82.9 Å². The molecular formula is C17H14BrN4O2+. The van der Waals surface area contributed by atoms with Crippen LogP contribution in [0.5, 0.6) is 0 Å². The number of carbonyl (C=O) groups is 2. The first-order valence-corrected chi connectivity index (χ1v) is 8.00. The van der Waals surface area contributed by atoms with Gasteiger partial charge in [-0.3, -0.25) is 9.59 Å². The van der Waals surface area contributed by atoms with Gasteiger partial charge in [0.1, 0.15) is 0 Å². The Bertz CT molecular complexity index is 860. The normalized spacial score (nSPS) is 10.4. The average Bonchev–Trinajstić information content (AvgIpc) is 3.03. The second kappa shape index (κ2) is 7.18. The Morgan fingerprint density at radius 2 is 1.75 bits per heavy atom. The quantitative estimate of drug-likeness (QED) is 0.540. The average molecular weight is 386 g/mol. The predicted octanol–water partition coefficient (Wildman–Crippen LogP) is 2.20. The third-order valence-corrected chi connectivity index (χ3v) is 3.85. The van der Waals surface area contributed by atoms with E-state index < -0.39 is 0 Å². The largest absolute Gasteiger partial charge is 0.290 e. The van der Waals surface area contributed by atoms with Gasteiger partial charge in [-0.1, -0.05) is 46.3 Å². The molecule has 0 aliphatic heterocycles. The first-order chi connectivity index (χ1) is 11.6. The lowest BCUT2D eigenvalue weighted by Crippen LogP contribution is -2.46. The van der Waals surface area contributed by atoms with Crippen LogP contribution in [0.25, 0.3) is 0 Å². The van der Waals surface area contributed by atoms with Gasteiger partial charge in [0.2, 0.25) is 6.33 Å². The summed E-state index contributed by atoms with van der Waals surface area (Å²) in [6.45, 7) is 0.0931. The van der Waals surface area contributed by atoms with Gasteiger partial charge < -0.3 is 0 Å². The summed E-state index contributed by atoms with van der Waals surface area (Å²) < 4.78 is 3.81. The highest BCUT2D eigenvalue weighted by Gasteiger charge is 2.14. The van der Waals surface area contributed by atoms with Crippen molar-refractivity contribution in [1.29, 1.82) is 0 Å². The lowest BCUT2D eigenvalue weighted by molar-refractivity contribution is -0.642. The zero-order valence-electron chi connectivity index (χ0n) is 12.6. The molecule has 120 valence electrons. The maximum absolute atomic E-state index is 12.2. The summed E-state index contributed by atoms with van der Waals surface area (Å²) in [5, 5.41) is 4.08. The number of rotatable bonds is 5. The lowest BCUT2D eigenvalue weighted by Gasteiger charge is -2.00. The molecule has 0 radical (unpaired) electrons. The SMILES string of the molecule is O=C(Cn1c[n+](NC(=O)c2ccccc2)cn1)c1ccc(Br)cc1. The third kappa shape index (κ3) is 3.94. The number of nitrogens with one attached hydrogen (secondary N) is 1. The second-order valence-corrected chi connectivity index (χ2v) is 6.00. The molecule has 0 aliphatic rings. The Kier molecular flexibility index (Phi) is 4.81. The summed E-state index contributed by atoms with van der Waals surface area (Å²) in [6.07, 6.45) is 2.99. The number of nitrogens with zero attached hydrogens (tertiary/aromatic N) is 3. The molecule has 24 heavy (non-hydrogen) atoms. The summed E-state index contributed by atoms with van der Waals surface area (Å²) in [5.41, 5.74) is 3.83. The molecule has 0 saturated heterocycles. The molecule has 6 nitrogen and oxygen atoms in total. The van der Waals surface area contributed by atoms with Crippen molar-refractivity contribution < 1.29 is 14.3 Å². The topological polar surface area (TPSA) is 67.9 Å². The van der Waals surface area contributed by atoms with Gasteiger partial charge in [0.25, 0.3) is 12.2 Å². The highest BCUT2D eigenvalue weighted by molar-refractivity contribution is 9.10. The molecule has 0 spiro atoms. The van der Waals surface area contributed by atoms with Gasteiger partial charge in [0.05, 0.1) is 0 Å². The van der Waals surface area contributed by atoms with Gasteiger partial charge in [0, 0.05) is 20.7 Å². The summed E-state index contributed by atoms with van der Waals surface area (Å²) in [4.78, 5) is 24.3. The van der Waals surface area contributed by atoms with Gasteiger partial charge >= 0.3 is 0 Å². The molecule has 7 heteroatoms. The number of Topliss-reactive ketones (excluding diaryl/α,β-unsaturated/α-hetero) is 1. The van der Waals surface area contributed by atoms with Gasteiger partial charge in [-0.05, 0) is 24.3 Å². The molecule has 1 heterocycles. The fourth-order valence-electron chi connectivity index (χ4n) is 2.11. The highest BCUT2D eigenvalue weighted by atomic mass is 79.9. The molecule has 3 aromatic rings. The first kappa shape index (κ1) is 16.1. The standard InChI is InChI=1S/C17H13BrN4O2/c18-15-8-6-13(7-9-15)16(23)10-21-12-22(11-19-21)20-17(24)14-4-2-1-3-5-14/h1-9,11-12H,10H2/p+1. The maximum atomic E-state index is 12.2. The van der Waals surface area contributed by atoms with E-state index in [1.54, 1.807) is 42.7 Å². The smallest absolute Gasteiger partial charge is 0.287 e. The molecule has 0 unspecified atom stereocenters. The van der Waals surface area contributed by atoms with Crippen LogP contribution in [-0.2, 0) is 6.54 Å². The minimum atomic E-state index is -0.251. The third-order valence-electron chi connectivity index (χ3n) is 3.32. The number of carbonyl (C=O) groups excluding carboxylic acids is 2. The monoisotopic (exact) mass is 385 g/mol. The van der Waals surface area contributed by atoms with Crippen molar-refractivity contribution in [2.45, 2.75) is 6.54 Å². The van der Waals surface area contributed by atoms with Crippen LogP contribution in [0.2, 0.25) is 0 Å². The van der Waals surface area contributed by atoms with Gasteiger partial charge in [0.15, 0.2) is 12.3 Å². The first-order valence-electron chi connectivity index (χ1n) is 7.21. The molecular weight excluding hydrogens is 372 g/mol. The van der Waals surface area contributed by atoms with E-state index in [4.69, 9.17) is 0 Å². The lowest BCUT2D eigenvalue weighted by atomic mass is 10.1. The van der Waals surface area contributed by atoms with Crippen molar-refractivity contribution in [1.82, 2.24) is 9.78 Å². The Hall–Kier alpha value is -2.80. The molecule has 1 aromatic heterocycles. The maximum Gasteiger partial charge on any atom is 0.287 e. The number of amides is 1. The van der Waals surface area contributed by atoms with E-state index in [1.165, 1.54) is 15.7 Å². The molecule has 0 atom stereocenters. The number of hydrogen-bond acceptors (Lipinski definition) is 3. The molecule has 0 saturated carbocycles. The van der Waals surface area contributed by atoms with Crippen molar-refractivity contribution in [3.8, 4) is 0 Å². The Balaban J connectivity index is 1.64. The van der Waals surface area contributed by atoms with Crippen LogP contribution in [0.4, 0.5) is 0 Å². The van der Waals surface area contributed by atoms with Crippen molar-refractivity contribution in [3.63, 3.8) is 0 Å². The number of halogens is 1. The van der Waals surface area contributed by atoms with Crippen LogP contribution in [-0.4, -0.2) is 21.5 Å². The van der Waals surface area contributed by atoms with E-state index in [1.807, 2.05) is 18.2 Å². The van der Waals surface area contributed by atoms with E-state index in [0.29, 0.717) is 11.1 Å². The van der Waals surface area contributed by atoms with E-state index in [0.717, 1.165) is 4.47 Å². The number of aromatic nitrogens is 3. The van der Waals surface area contributed by atoms with Crippen molar-refractivity contribution in [2.24, 2.45) is 0 Å². The van der Waals surface area contributed by atoms with Crippen LogP contribution in [0.3, 0.4) is 0 Å². The summed E-state index contributed by atoms with van der Waals surface area (Å²) in [6, 6.07) is 16.0. The van der Waals surface area contributed by atoms with E-state index >= 15 is 0 Å². The minimum absolute atomic E-state index is 0.0628. The van der Waals surface area contributed by atoms with Crippen molar-refractivity contribution in [2.75, 3.05) is 5.43 Å². The Morgan fingerprint density at radius 3 is 2.46 bits per heavy atom. The van der Waals surface area contributed by atoms with Gasteiger partial charge in [-0.2, -0.15) is 0 Å². The zero-order valence-corrected chi connectivity index (χ0v) is 14.2. The second-order valence-electron chi connectivity index (χ2n) is 5.09. The fraction of sp³-hybridized carbons (Fsp3) is 0.0588. The van der Waals surface area contributed by atoms with Crippen LogP contribution >= 0.6 is 15.9 Å². The molecule has 0 bridgehead atoms. The van der Waals surface area contributed by atoms with Crippen LogP contribution in [0.15, 0.2) is 71.7 Å². The Morgan fingerprint density at radius 1 is 1.04 bits per heavy atom. The van der Waals surface area contributed by atoms with Gasteiger partial charge in [-0.15, -0.1) is 9.36 Å². The van der Waals surface area contributed by atoms with Crippen molar-refractivity contribution >= 4 is 27.6 Å². The zero-order chi connectivity index (χ0) is 16.9. The summed E-state index contributed by atoms with van der Waals surface area (Å²) in [5.74, 6) is -0.313. The van der Waals surface area contributed by atoms with E-state index in [-0.39, 0.29) is 18.2 Å². The Labute approximate surface area is 146 Å². The molecule has 2 aromatic carbocycles. The highest BCUT2D eigenvalue weighted by Crippen LogP contribution is 2.11. The van der Waals surface area contributed by atoms with E-state index in [2.05, 4.69) is 26.5 Å². The molecule has 0 fully saturated rings. The predicted molar refractivity (Wildman–Crippen MR) is 91.0 cm³/mol. The number of hydrogen-bond donors (Lipinski definition) is 1. The fourth-order valence-corrected chi connectivity index (χ4v) is 2.37. The van der Waals surface area contributed by atoms with Crippen LogP contribution in [0, 0.1) is 0 Å².